The molecule has 0 unspecified atom stereocenters. The Labute approximate surface area is 112 Å². The highest BCUT2D eigenvalue weighted by atomic mass is 16.5. The Balaban J connectivity index is 2.01. The predicted molar refractivity (Wildman–Crippen MR) is 73.3 cm³/mol. The number of hydrogen-bond donors (Lipinski definition) is 1. The van der Waals surface area contributed by atoms with E-state index in [-0.39, 0.29) is 11.9 Å². The fourth-order valence-corrected chi connectivity index (χ4v) is 2.18. The summed E-state index contributed by atoms with van der Waals surface area (Å²) in [5.74, 6) is -0.0744. The van der Waals surface area contributed by atoms with Crippen molar-refractivity contribution in [2.75, 3.05) is 30.9 Å². The number of carbonyl (C=O) groups is 2. The maximum absolute atomic E-state index is 11.6. The topological polar surface area (TPSA) is 58.6 Å². The number of fused-ring (bicyclic) bond motifs is 1. The lowest BCUT2D eigenvalue weighted by Crippen LogP contribution is -2.31. The quantitative estimate of drug-likeness (QED) is 0.837. The zero-order valence-corrected chi connectivity index (χ0v) is 11.2. The molecule has 0 aromatic heterocycles. The molecule has 1 heterocycles. The molecular formula is C14H18N2O3. The fourth-order valence-electron chi connectivity index (χ4n) is 2.18. The molecule has 0 bridgehead atoms. The number of amides is 1. The molecule has 1 aliphatic heterocycles. The number of aryl methyl sites for hydroxylation is 1. The van der Waals surface area contributed by atoms with Gasteiger partial charge in [-0.3, -0.25) is 9.59 Å². The number of esters is 1. The lowest BCUT2D eigenvalue weighted by molar-refractivity contribution is -0.140. The molecule has 0 saturated heterocycles. The van der Waals surface area contributed by atoms with E-state index in [0.717, 1.165) is 23.4 Å². The second-order valence-electron chi connectivity index (χ2n) is 4.55. The molecule has 0 atom stereocenters. The van der Waals surface area contributed by atoms with Gasteiger partial charge in [-0.25, -0.2) is 0 Å². The highest BCUT2D eigenvalue weighted by molar-refractivity contribution is 5.96. The van der Waals surface area contributed by atoms with E-state index in [9.17, 15) is 9.59 Å². The Hall–Kier alpha value is -2.04. The van der Waals surface area contributed by atoms with Crippen LogP contribution in [0.25, 0.3) is 0 Å². The van der Waals surface area contributed by atoms with E-state index in [0.29, 0.717) is 19.4 Å². The number of nitrogens with zero attached hydrogens (tertiary/aromatic N) is 1. The first-order valence-electron chi connectivity index (χ1n) is 6.32. The van der Waals surface area contributed by atoms with Crippen LogP contribution in [0.1, 0.15) is 18.4 Å². The molecular weight excluding hydrogens is 244 g/mol. The second kappa shape index (κ2) is 5.73. The predicted octanol–water partition coefficient (Wildman–Crippen LogP) is 1.57. The molecule has 2 rings (SSSR count). The number of carbonyl (C=O) groups excluding carboxylic acids is 2. The molecule has 0 aliphatic carbocycles. The largest absolute Gasteiger partial charge is 0.469 e. The summed E-state index contributed by atoms with van der Waals surface area (Å²) in [7, 11) is 3.18. The van der Waals surface area contributed by atoms with Gasteiger partial charge in [0.25, 0.3) is 0 Å². The zero-order valence-electron chi connectivity index (χ0n) is 11.2. The molecule has 1 amide bonds. The van der Waals surface area contributed by atoms with Crippen molar-refractivity contribution < 1.29 is 14.3 Å². The number of ether oxygens (including phenoxy) is 1. The van der Waals surface area contributed by atoms with E-state index < -0.39 is 0 Å². The molecule has 1 aliphatic rings. The number of benzene rings is 1. The van der Waals surface area contributed by atoms with E-state index in [4.69, 9.17) is 0 Å². The van der Waals surface area contributed by atoms with Crippen LogP contribution in [-0.2, 0) is 20.7 Å². The van der Waals surface area contributed by atoms with E-state index >= 15 is 0 Å². The normalized spacial score (nSPS) is 14.0. The molecule has 1 aromatic carbocycles. The first-order valence-corrected chi connectivity index (χ1v) is 6.32. The van der Waals surface area contributed by atoms with Crippen molar-refractivity contribution in [1.29, 1.82) is 0 Å². The summed E-state index contributed by atoms with van der Waals surface area (Å²) in [6, 6.07) is 5.90. The van der Waals surface area contributed by atoms with Crippen molar-refractivity contribution >= 4 is 23.3 Å². The van der Waals surface area contributed by atoms with Crippen LogP contribution in [0.15, 0.2) is 18.2 Å². The summed E-state index contributed by atoms with van der Waals surface area (Å²) in [5, 5.41) is 3.18. The highest BCUT2D eigenvalue weighted by Gasteiger charge is 2.20. The molecule has 1 N–H and O–H groups in total. The van der Waals surface area contributed by atoms with Gasteiger partial charge in [0.2, 0.25) is 5.91 Å². The van der Waals surface area contributed by atoms with Crippen LogP contribution in [0.5, 0.6) is 0 Å². The molecule has 5 nitrogen and oxygen atoms in total. The summed E-state index contributed by atoms with van der Waals surface area (Å²) >= 11 is 0. The van der Waals surface area contributed by atoms with Gasteiger partial charge in [-0.15, -0.1) is 0 Å². The van der Waals surface area contributed by atoms with Gasteiger partial charge in [-0.2, -0.15) is 0 Å². The van der Waals surface area contributed by atoms with Crippen LogP contribution >= 0.6 is 0 Å². The van der Waals surface area contributed by atoms with E-state index in [2.05, 4.69) is 10.1 Å². The third-order valence-corrected chi connectivity index (χ3v) is 3.31. The SMILES string of the molecule is COC(=O)CCNc1ccc2c(c1)CCC(=O)N2C. The van der Waals surface area contributed by atoms with Crippen molar-refractivity contribution in [2.24, 2.45) is 0 Å². The Bertz CT molecular complexity index is 499. The van der Waals surface area contributed by atoms with Gasteiger partial charge < -0.3 is 15.0 Å². The fraction of sp³-hybridized carbons (Fsp3) is 0.429. The lowest BCUT2D eigenvalue weighted by atomic mass is 10.0. The maximum atomic E-state index is 11.6. The number of hydrogen-bond acceptors (Lipinski definition) is 4. The summed E-state index contributed by atoms with van der Waals surface area (Å²) < 4.78 is 4.58. The van der Waals surface area contributed by atoms with Crippen molar-refractivity contribution in [3.8, 4) is 0 Å². The average molecular weight is 262 g/mol. The summed E-state index contributed by atoms with van der Waals surface area (Å²) in [4.78, 5) is 24.3. The van der Waals surface area contributed by atoms with Crippen molar-refractivity contribution in [1.82, 2.24) is 0 Å². The monoisotopic (exact) mass is 262 g/mol. The van der Waals surface area contributed by atoms with Gasteiger partial charge in [-0.05, 0) is 30.2 Å². The highest BCUT2D eigenvalue weighted by Crippen LogP contribution is 2.29. The van der Waals surface area contributed by atoms with Gasteiger partial charge >= 0.3 is 5.97 Å². The Morgan fingerprint density at radius 3 is 2.95 bits per heavy atom. The van der Waals surface area contributed by atoms with Gasteiger partial charge in [0.05, 0.1) is 13.5 Å². The summed E-state index contributed by atoms with van der Waals surface area (Å²) in [6.45, 7) is 0.542. The Morgan fingerprint density at radius 1 is 1.42 bits per heavy atom. The van der Waals surface area contributed by atoms with Gasteiger partial charge in [0.15, 0.2) is 0 Å². The van der Waals surface area contributed by atoms with Crippen LogP contribution in [0.3, 0.4) is 0 Å². The molecule has 19 heavy (non-hydrogen) atoms. The summed E-state index contributed by atoms with van der Waals surface area (Å²) in [6.07, 6.45) is 1.66. The third kappa shape index (κ3) is 3.05. The van der Waals surface area contributed by atoms with Crippen molar-refractivity contribution in [3.05, 3.63) is 23.8 Å². The van der Waals surface area contributed by atoms with E-state index in [1.165, 1.54) is 7.11 Å². The second-order valence-corrected chi connectivity index (χ2v) is 4.55. The van der Waals surface area contributed by atoms with E-state index in [1.54, 1.807) is 11.9 Å². The first-order chi connectivity index (χ1) is 9.11. The summed E-state index contributed by atoms with van der Waals surface area (Å²) in [5.41, 5.74) is 3.09. The number of rotatable bonds is 4. The number of anilines is 2. The van der Waals surface area contributed by atoms with Crippen LogP contribution in [0.2, 0.25) is 0 Å². The molecule has 0 saturated carbocycles. The standard InChI is InChI=1S/C14H18N2O3/c1-16-12-5-4-11(15-8-7-14(18)19-2)9-10(12)3-6-13(16)17/h4-5,9,15H,3,6-8H2,1-2H3. The average Bonchev–Trinajstić information content (AvgIpc) is 2.43. The molecule has 1 aromatic rings. The first kappa shape index (κ1) is 13.4. The number of methoxy groups -OCH3 is 1. The molecule has 102 valence electrons. The van der Waals surface area contributed by atoms with Crippen molar-refractivity contribution in [2.45, 2.75) is 19.3 Å². The third-order valence-electron chi connectivity index (χ3n) is 3.31. The minimum atomic E-state index is -0.226. The number of nitrogens with one attached hydrogen (secondary N) is 1. The minimum absolute atomic E-state index is 0.152. The maximum Gasteiger partial charge on any atom is 0.307 e. The van der Waals surface area contributed by atoms with Crippen LogP contribution in [0.4, 0.5) is 11.4 Å². The Kier molecular flexibility index (Phi) is 4.04. The Morgan fingerprint density at radius 2 is 2.21 bits per heavy atom. The van der Waals surface area contributed by atoms with Gasteiger partial charge in [0, 0.05) is 31.4 Å². The van der Waals surface area contributed by atoms with Crippen LogP contribution in [0, 0.1) is 0 Å². The smallest absolute Gasteiger partial charge is 0.307 e. The van der Waals surface area contributed by atoms with Gasteiger partial charge in [0.1, 0.15) is 0 Å². The van der Waals surface area contributed by atoms with Crippen LogP contribution in [-0.4, -0.2) is 32.6 Å². The van der Waals surface area contributed by atoms with Crippen LogP contribution < -0.4 is 10.2 Å². The molecule has 5 heteroatoms. The molecule has 0 radical (unpaired) electrons. The van der Waals surface area contributed by atoms with Gasteiger partial charge in [-0.1, -0.05) is 0 Å². The van der Waals surface area contributed by atoms with E-state index in [1.807, 2.05) is 18.2 Å². The zero-order chi connectivity index (χ0) is 13.8. The lowest BCUT2D eigenvalue weighted by Gasteiger charge is -2.26. The van der Waals surface area contributed by atoms with Crippen molar-refractivity contribution in [3.63, 3.8) is 0 Å². The minimum Gasteiger partial charge on any atom is -0.469 e. The molecule has 0 spiro atoms. The molecule has 0 fully saturated rings.